The van der Waals surface area contributed by atoms with Crippen LogP contribution in [0.3, 0.4) is 0 Å². The molecule has 3 aromatic rings. The highest BCUT2D eigenvalue weighted by Gasteiger charge is 2.41. The van der Waals surface area contributed by atoms with E-state index in [2.05, 4.69) is 5.32 Å². The molecule has 156 valence electrons. The molecule has 0 bridgehead atoms. The molecule has 0 saturated carbocycles. The first-order chi connectivity index (χ1) is 15.0. The molecule has 5 nitrogen and oxygen atoms in total. The van der Waals surface area contributed by atoms with Gasteiger partial charge in [0.1, 0.15) is 23.1 Å². The number of benzene rings is 3. The lowest BCUT2D eigenvalue weighted by Crippen LogP contribution is -2.32. The Bertz CT molecular complexity index is 1170. The van der Waals surface area contributed by atoms with Gasteiger partial charge in [0, 0.05) is 5.69 Å². The van der Waals surface area contributed by atoms with Crippen LogP contribution in [-0.2, 0) is 9.59 Å². The third-order valence-electron chi connectivity index (χ3n) is 4.74. The summed E-state index contributed by atoms with van der Waals surface area (Å²) >= 11 is 0. The van der Waals surface area contributed by atoms with Gasteiger partial charge in [0.25, 0.3) is 11.8 Å². The third kappa shape index (κ3) is 3.90. The number of halogens is 2. The molecule has 0 radical (unpaired) electrons. The minimum Gasteiger partial charge on any atom is -0.492 e. The van der Waals surface area contributed by atoms with Crippen LogP contribution in [-0.4, -0.2) is 18.4 Å². The number of carbonyl (C=O) groups is 2. The van der Waals surface area contributed by atoms with E-state index in [-0.39, 0.29) is 11.3 Å². The summed E-state index contributed by atoms with van der Waals surface area (Å²) in [6, 6.07) is 17.4. The molecule has 4 rings (SSSR count). The summed E-state index contributed by atoms with van der Waals surface area (Å²) in [6.45, 7) is 2.15. The van der Waals surface area contributed by atoms with Crippen LogP contribution in [0.4, 0.5) is 20.2 Å². The van der Waals surface area contributed by atoms with E-state index in [1.807, 2.05) is 0 Å². The number of imide groups is 1. The van der Waals surface area contributed by atoms with Crippen LogP contribution in [0.5, 0.6) is 5.75 Å². The summed E-state index contributed by atoms with van der Waals surface area (Å²) in [5.41, 5.74) is 1.20. The second kappa shape index (κ2) is 8.39. The van der Waals surface area contributed by atoms with Crippen molar-refractivity contribution in [3.63, 3.8) is 0 Å². The lowest BCUT2D eigenvalue weighted by atomic mass is 10.0. The van der Waals surface area contributed by atoms with Crippen LogP contribution in [0.2, 0.25) is 0 Å². The maximum atomic E-state index is 13.5. The van der Waals surface area contributed by atoms with E-state index in [0.717, 1.165) is 4.90 Å². The van der Waals surface area contributed by atoms with Crippen LogP contribution in [0.25, 0.3) is 5.57 Å². The Morgan fingerprint density at radius 2 is 1.45 bits per heavy atom. The van der Waals surface area contributed by atoms with Crippen molar-refractivity contribution in [3.05, 3.63) is 95.7 Å². The van der Waals surface area contributed by atoms with Crippen molar-refractivity contribution in [3.8, 4) is 5.75 Å². The number of ether oxygens (including phenoxy) is 1. The molecule has 3 aromatic carbocycles. The molecule has 1 aliphatic heterocycles. The minimum absolute atomic E-state index is 0.00881. The first-order valence-corrected chi connectivity index (χ1v) is 9.63. The molecule has 0 aromatic heterocycles. The molecule has 31 heavy (non-hydrogen) atoms. The first kappa shape index (κ1) is 20.3. The van der Waals surface area contributed by atoms with Crippen LogP contribution < -0.4 is 15.0 Å². The lowest BCUT2D eigenvalue weighted by molar-refractivity contribution is -0.120. The minimum atomic E-state index is -0.596. The number of rotatable bonds is 6. The SMILES string of the molecule is CCOc1ccccc1N1C(=O)C(Nc2ccc(F)cc2)=C(c2ccc(F)cc2)C1=O. The van der Waals surface area contributed by atoms with Gasteiger partial charge in [-0.15, -0.1) is 0 Å². The summed E-state index contributed by atoms with van der Waals surface area (Å²) in [7, 11) is 0. The van der Waals surface area contributed by atoms with Crippen molar-refractivity contribution in [2.45, 2.75) is 6.92 Å². The van der Waals surface area contributed by atoms with Crippen LogP contribution in [0.1, 0.15) is 12.5 Å². The van der Waals surface area contributed by atoms with Gasteiger partial charge < -0.3 is 10.1 Å². The second-order valence-electron chi connectivity index (χ2n) is 6.74. The Balaban J connectivity index is 1.82. The van der Waals surface area contributed by atoms with E-state index in [0.29, 0.717) is 29.3 Å². The molecular weight excluding hydrogens is 402 g/mol. The van der Waals surface area contributed by atoms with E-state index in [1.54, 1.807) is 31.2 Å². The van der Waals surface area contributed by atoms with Gasteiger partial charge in [-0.3, -0.25) is 9.59 Å². The molecule has 7 heteroatoms. The first-order valence-electron chi connectivity index (χ1n) is 9.63. The zero-order chi connectivity index (χ0) is 22.0. The number of hydrogen-bond acceptors (Lipinski definition) is 4. The Kier molecular flexibility index (Phi) is 5.49. The number of carbonyl (C=O) groups excluding carboxylic acids is 2. The summed E-state index contributed by atoms with van der Waals surface area (Å²) in [5, 5.41) is 2.93. The Morgan fingerprint density at radius 1 is 0.839 bits per heavy atom. The summed E-state index contributed by atoms with van der Waals surface area (Å²) in [6.07, 6.45) is 0. The zero-order valence-electron chi connectivity index (χ0n) is 16.6. The van der Waals surface area contributed by atoms with Crippen molar-refractivity contribution >= 4 is 28.8 Å². The molecule has 0 aliphatic carbocycles. The molecule has 1 heterocycles. The molecule has 0 spiro atoms. The Hall–Kier alpha value is -4.00. The van der Waals surface area contributed by atoms with Gasteiger partial charge in [0.15, 0.2) is 0 Å². The fourth-order valence-electron chi connectivity index (χ4n) is 3.35. The maximum Gasteiger partial charge on any atom is 0.282 e. The average molecular weight is 420 g/mol. The van der Waals surface area contributed by atoms with Crippen LogP contribution in [0.15, 0.2) is 78.5 Å². The smallest absolute Gasteiger partial charge is 0.282 e. The fourth-order valence-corrected chi connectivity index (χ4v) is 3.35. The van der Waals surface area contributed by atoms with Gasteiger partial charge in [0.2, 0.25) is 0 Å². The van der Waals surface area contributed by atoms with Gasteiger partial charge in [-0.1, -0.05) is 24.3 Å². The van der Waals surface area contributed by atoms with Crippen molar-refractivity contribution in [1.82, 2.24) is 0 Å². The molecule has 2 amide bonds. The highest BCUT2D eigenvalue weighted by atomic mass is 19.1. The van der Waals surface area contributed by atoms with Crippen LogP contribution in [0, 0.1) is 11.6 Å². The quantitative estimate of drug-likeness (QED) is 0.584. The number of nitrogens with zero attached hydrogens (tertiary/aromatic N) is 1. The molecule has 0 unspecified atom stereocenters. The zero-order valence-corrected chi connectivity index (χ0v) is 16.6. The number of nitrogens with one attached hydrogen (secondary N) is 1. The van der Waals surface area contributed by atoms with Crippen molar-refractivity contribution in [1.29, 1.82) is 0 Å². The Labute approximate surface area is 177 Å². The number of para-hydroxylation sites is 2. The Morgan fingerprint density at radius 3 is 2.10 bits per heavy atom. The highest BCUT2D eigenvalue weighted by molar-refractivity contribution is 6.46. The molecule has 0 atom stereocenters. The molecule has 0 saturated heterocycles. The number of hydrogen-bond donors (Lipinski definition) is 1. The van der Waals surface area contributed by atoms with E-state index in [1.165, 1.54) is 48.5 Å². The van der Waals surface area contributed by atoms with Gasteiger partial charge in [-0.25, -0.2) is 13.7 Å². The third-order valence-corrected chi connectivity index (χ3v) is 4.74. The van der Waals surface area contributed by atoms with Crippen LogP contribution >= 0.6 is 0 Å². The van der Waals surface area contributed by atoms with Crippen molar-refractivity contribution < 1.29 is 23.1 Å². The maximum absolute atomic E-state index is 13.5. The summed E-state index contributed by atoms with van der Waals surface area (Å²) in [5.74, 6) is -1.69. The second-order valence-corrected chi connectivity index (χ2v) is 6.74. The van der Waals surface area contributed by atoms with E-state index in [4.69, 9.17) is 4.74 Å². The van der Waals surface area contributed by atoms with E-state index in [9.17, 15) is 18.4 Å². The number of amides is 2. The molecular formula is C24H18F2N2O3. The standard InChI is InChI=1S/C24H18F2N2O3/c1-2-31-20-6-4-3-5-19(20)28-23(29)21(15-7-9-16(25)10-8-15)22(24(28)30)27-18-13-11-17(26)12-14-18/h3-14,27H,2H2,1H3. The predicted octanol–water partition coefficient (Wildman–Crippen LogP) is 4.76. The largest absolute Gasteiger partial charge is 0.492 e. The van der Waals surface area contributed by atoms with Gasteiger partial charge in [0.05, 0.1) is 17.9 Å². The number of anilines is 2. The summed E-state index contributed by atoms with van der Waals surface area (Å²) < 4.78 is 32.4. The average Bonchev–Trinajstić information content (AvgIpc) is 3.01. The van der Waals surface area contributed by atoms with Crippen molar-refractivity contribution in [2.24, 2.45) is 0 Å². The lowest BCUT2D eigenvalue weighted by Gasteiger charge is -2.19. The molecule has 0 fully saturated rings. The van der Waals surface area contributed by atoms with Crippen molar-refractivity contribution in [2.75, 3.05) is 16.8 Å². The molecule has 1 aliphatic rings. The highest BCUT2D eigenvalue weighted by Crippen LogP contribution is 2.37. The monoisotopic (exact) mass is 420 g/mol. The van der Waals surface area contributed by atoms with E-state index < -0.39 is 23.4 Å². The van der Waals surface area contributed by atoms with Gasteiger partial charge >= 0.3 is 0 Å². The van der Waals surface area contributed by atoms with Gasteiger partial charge in [-0.05, 0) is 61.0 Å². The van der Waals surface area contributed by atoms with E-state index >= 15 is 0 Å². The van der Waals surface area contributed by atoms with Gasteiger partial charge in [-0.2, -0.15) is 0 Å². The fraction of sp³-hybridized carbons (Fsp3) is 0.0833. The molecule has 1 N–H and O–H groups in total. The topological polar surface area (TPSA) is 58.6 Å². The predicted molar refractivity (Wildman–Crippen MR) is 113 cm³/mol. The normalized spacial score (nSPS) is 13.7. The summed E-state index contributed by atoms with van der Waals surface area (Å²) in [4.78, 5) is 27.8.